The number of nitrogens with one attached hydrogen (secondary N) is 2. The van der Waals surface area contributed by atoms with Crippen LogP contribution in [0.15, 0.2) is 42.5 Å². The maximum atomic E-state index is 5.41. The number of thiocarbonyl (C=S) groups is 1. The van der Waals surface area contributed by atoms with E-state index in [1.54, 1.807) is 0 Å². The number of ether oxygens (including phenoxy) is 1. The lowest BCUT2D eigenvalue weighted by atomic mass is 10.2. The first-order chi connectivity index (χ1) is 10.2. The fraction of sp³-hybridized carbons (Fsp3) is 0.250. The molecule has 2 aromatic rings. The smallest absolute Gasteiger partial charge is 0.172 e. The molecule has 0 fully saturated rings. The van der Waals surface area contributed by atoms with Crippen LogP contribution >= 0.6 is 12.2 Å². The summed E-state index contributed by atoms with van der Waals surface area (Å²) < 4.78 is 5.41. The van der Waals surface area contributed by atoms with Crippen LogP contribution in [0.1, 0.15) is 18.2 Å². The lowest BCUT2D eigenvalue weighted by Crippen LogP contribution is -2.28. The minimum atomic E-state index is 0.557. The molecule has 0 amide bonds. The van der Waals surface area contributed by atoms with Crippen LogP contribution in [0.3, 0.4) is 0 Å². The van der Waals surface area contributed by atoms with Crippen LogP contribution in [0.25, 0.3) is 0 Å². The van der Waals surface area contributed by atoms with Crippen LogP contribution in [0.5, 0.6) is 5.75 Å². The van der Waals surface area contributed by atoms with Gasteiger partial charge in [0, 0.05) is 12.2 Å². The van der Waals surface area contributed by atoms with Crippen LogP contribution in [0, 0.1) is 6.92 Å². The van der Waals surface area contributed by atoms with E-state index < -0.39 is 0 Å². The van der Waals surface area contributed by atoms with E-state index in [9.17, 15) is 0 Å². The average Bonchev–Trinajstić information content (AvgIpc) is 2.47. The van der Waals surface area contributed by atoms with E-state index in [-0.39, 0.29) is 0 Å². The van der Waals surface area contributed by atoms with Crippen LogP contribution in [0.2, 0.25) is 0 Å². The third-order valence-corrected chi connectivity index (χ3v) is 3.06. The summed E-state index contributed by atoms with van der Waals surface area (Å²) in [5.41, 5.74) is 2.09. The standard InChI is InChI=1S/C16H19N3OS/c1-3-20-14-9-7-13(8-10-14)11-17-16(21)19-15-6-4-5-12(2)18-15/h4-10H,3,11H2,1-2H3,(H2,17,18,19,21). The summed E-state index contributed by atoms with van der Waals surface area (Å²) in [4.78, 5) is 4.35. The molecule has 2 rings (SSSR count). The van der Waals surface area contributed by atoms with Crippen molar-refractivity contribution in [1.29, 1.82) is 0 Å². The van der Waals surface area contributed by atoms with Crippen molar-refractivity contribution in [2.24, 2.45) is 0 Å². The molecule has 0 saturated heterocycles. The topological polar surface area (TPSA) is 46.2 Å². The Kier molecular flexibility index (Phi) is 5.51. The number of benzene rings is 1. The monoisotopic (exact) mass is 301 g/mol. The van der Waals surface area contributed by atoms with Crippen molar-refractivity contribution in [1.82, 2.24) is 10.3 Å². The molecule has 2 N–H and O–H groups in total. The number of aromatic nitrogens is 1. The molecule has 0 bridgehead atoms. The SMILES string of the molecule is CCOc1ccc(CNC(=S)Nc2cccc(C)n2)cc1. The molecule has 0 atom stereocenters. The van der Waals surface area contributed by atoms with Crippen LogP contribution in [-0.4, -0.2) is 16.7 Å². The summed E-state index contributed by atoms with van der Waals surface area (Å²) in [5.74, 6) is 1.63. The molecule has 0 radical (unpaired) electrons. The van der Waals surface area contributed by atoms with Gasteiger partial charge >= 0.3 is 0 Å². The lowest BCUT2D eigenvalue weighted by molar-refractivity contribution is 0.340. The molecular formula is C16H19N3OS. The van der Waals surface area contributed by atoms with Crippen molar-refractivity contribution in [3.63, 3.8) is 0 Å². The van der Waals surface area contributed by atoms with Gasteiger partial charge in [0.25, 0.3) is 0 Å². The Morgan fingerprint density at radius 1 is 1.19 bits per heavy atom. The Morgan fingerprint density at radius 3 is 2.62 bits per heavy atom. The summed E-state index contributed by atoms with van der Waals surface area (Å²) in [6, 6.07) is 13.7. The quantitative estimate of drug-likeness (QED) is 0.830. The van der Waals surface area contributed by atoms with Gasteiger partial charge in [0.15, 0.2) is 5.11 Å². The molecule has 21 heavy (non-hydrogen) atoms. The number of hydrogen-bond donors (Lipinski definition) is 2. The summed E-state index contributed by atoms with van der Waals surface area (Å²) in [6.07, 6.45) is 0. The molecule has 1 aromatic carbocycles. The highest BCUT2D eigenvalue weighted by Crippen LogP contribution is 2.12. The number of nitrogens with zero attached hydrogens (tertiary/aromatic N) is 1. The predicted molar refractivity (Wildman–Crippen MR) is 89.6 cm³/mol. The molecule has 0 spiro atoms. The minimum absolute atomic E-state index is 0.557. The maximum absolute atomic E-state index is 5.41. The average molecular weight is 301 g/mol. The van der Waals surface area contributed by atoms with E-state index in [4.69, 9.17) is 17.0 Å². The first-order valence-electron chi connectivity index (χ1n) is 6.87. The van der Waals surface area contributed by atoms with E-state index in [0.29, 0.717) is 18.3 Å². The molecular weight excluding hydrogens is 282 g/mol. The summed E-state index contributed by atoms with van der Waals surface area (Å²) in [7, 11) is 0. The Morgan fingerprint density at radius 2 is 1.95 bits per heavy atom. The predicted octanol–water partition coefficient (Wildman–Crippen LogP) is 3.28. The molecule has 0 aliphatic heterocycles. The van der Waals surface area contributed by atoms with Crippen molar-refractivity contribution < 1.29 is 4.74 Å². The molecule has 1 heterocycles. The van der Waals surface area contributed by atoms with Gasteiger partial charge in [-0.3, -0.25) is 0 Å². The van der Waals surface area contributed by atoms with Gasteiger partial charge in [0.1, 0.15) is 11.6 Å². The zero-order valence-corrected chi connectivity index (χ0v) is 13.0. The lowest BCUT2D eigenvalue weighted by Gasteiger charge is -2.10. The van der Waals surface area contributed by atoms with Crippen molar-refractivity contribution >= 4 is 23.1 Å². The highest BCUT2D eigenvalue weighted by molar-refractivity contribution is 7.80. The second kappa shape index (κ2) is 7.59. The van der Waals surface area contributed by atoms with E-state index in [1.807, 2.05) is 56.3 Å². The number of rotatable bonds is 5. The van der Waals surface area contributed by atoms with Gasteiger partial charge in [-0.25, -0.2) is 4.98 Å². The van der Waals surface area contributed by atoms with Crippen LogP contribution in [-0.2, 0) is 6.54 Å². The highest BCUT2D eigenvalue weighted by Gasteiger charge is 2.00. The molecule has 110 valence electrons. The zero-order chi connectivity index (χ0) is 15.1. The first kappa shape index (κ1) is 15.3. The van der Waals surface area contributed by atoms with Crippen LogP contribution in [0.4, 0.5) is 5.82 Å². The van der Waals surface area contributed by atoms with E-state index in [1.165, 1.54) is 0 Å². The number of anilines is 1. The highest BCUT2D eigenvalue weighted by atomic mass is 32.1. The Balaban J connectivity index is 1.83. The molecule has 0 aliphatic rings. The van der Waals surface area contributed by atoms with Crippen molar-refractivity contribution in [2.75, 3.05) is 11.9 Å². The third kappa shape index (κ3) is 5.04. The Labute approximate surface area is 130 Å². The molecule has 1 aromatic heterocycles. The molecule has 0 aliphatic carbocycles. The van der Waals surface area contributed by atoms with Crippen molar-refractivity contribution in [3.05, 3.63) is 53.7 Å². The Hall–Kier alpha value is -2.14. The molecule has 5 heteroatoms. The van der Waals surface area contributed by atoms with Gasteiger partial charge in [-0.2, -0.15) is 0 Å². The molecule has 4 nitrogen and oxygen atoms in total. The van der Waals surface area contributed by atoms with Gasteiger partial charge in [-0.15, -0.1) is 0 Å². The molecule has 0 saturated carbocycles. The van der Waals surface area contributed by atoms with E-state index >= 15 is 0 Å². The van der Waals surface area contributed by atoms with Gasteiger partial charge in [0.05, 0.1) is 6.61 Å². The Bertz CT molecular complexity index is 599. The first-order valence-corrected chi connectivity index (χ1v) is 7.28. The number of pyridine rings is 1. The van der Waals surface area contributed by atoms with Gasteiger partial charge < -0.3 is 15.4 Å². The van der Waals surface area contributed by atoms with E-state index in [0.717, 1.165) is 22.8 Å². The second-order valence-corrected chi connectivity index (χ2v) is 4.96. The largest absolute Gasteiger partial charge is 0.494 e. The summed E-state index contributed by atoms with van der Waals surface area (Å²) in [5, 5.41) is 6.78. The maximum Gasteiger partial charge on any atom is 0.172 e. The third-order valence-electron chi connectivity index (χ3n) is 2.82. The minimum Gasteiger partial charge on any atom is -0.494 e. The van der Waals surface area contributed by atoms with Crippen molar-refractivity contribution in [2.45, 2.75) is 20.4 Å². The number of hydrogen-bond acceptors (Lipinski definition) is 3. The van der Waals surface area contributed by atoms with E-state index in [2.05, 4.69) is 15.6 Å². The number of aryl methyl sites for hydroxylation is 1. The summed E-state index contributed by atoms with van der Waals surface area (Å²) in [6.45, 7) is 5.25. The van der Waals surface area contributed by atoms with Gasteiger partial charge in [0.2, 0.25) is 0 Å². The normalized spacial score (nSPS) is 10.0. The molecule has 0 unspecified atom stereocenters. The fourth-order valence-electron chi connectivity index (χ4n) is 1.83. The van der Waals surface area contributed by atoms with Crippen molar-refractivity contribution in [3.8, 4) is 5.75 Å². The zero-order valence-electron chi connectivity index (χ0n) is 12.2. The fourth-order valence-corrected chi connectivity index (χ4v) is 2.00. The van der Waals surface area contributed by atoms with Gasteiger partial charge in [-0.05, 0) is 55.9 Å². The second-order valence-electron chi connectivity index (χ2n) is 4.55. The summed E-state index contributed by atoms with van der Waals surface area (Å²) >= 11 is 5.26. The van der Waals surface area contributed by atoms with Crippen LogP contribution < -0.4 is 15.4 Å². The van der Waals surface area contributed by atoms with Gasteiger partial charge in [-0.1, -0.05) is 18.2 Å².